The molecule has 2 atom stereocenters. The van der Waals surface area contributed by atoms with Gasteiger partial charge in [-0.15, -0.1) is 0 Å². The number of amides is 4. The lowest BCUT2D eigenvalue weighted by atomic mass is 9.79. The number of anilines is 2. The summed E-state index contributed by atoms with van der Waals surface area (Å²) >= 11 is 0. The van der Waals surface area contributed by atoms with Crippen LogP contribution in [0.1, 0.15) is 49.1 Å². The third kappa shape index (κ3) is 5.62. The van der Waals surface area contributed by atoms with Crippen LogP contribution in [0.5, 0.6) is 5.75 Å². The number of carbonyl (C=O) groups is 4. The third-order valence-corrected chi connectivity index (χ3v) is 9.30. The van der Waals surface area contributed by atoms with Crippen LogP contribution in [0.15, 0.2) is 60.8 Å². The van der Waals surface area contributed by atoms with Crippen LogP contribution in [0.4, 0.5) is 16.3 Å². The number of aliphatic hydroxyl groups is 2. The lowest BCUT2D eigenvalue weighted by Crippen LogP contribution is -2.72. The van der Waals surface area contributed by atoms with Gasteiger partial charge in [0.1, 0.15) is 23.7 Å². The summed E-state index contributed by atoms with van der Waals surface area (Å²) in [7, 11) is 1.50. The average Bonchev–Trinajstić information content (AvgIpc) is 3.57. The van der Waals surface area contributed by atoms with E-state index in [1.54, 1.807) is 57.3 Å². The zero-order valence-corrected chi connectivity index (χ0v) is 27.3. The molecule has 2 aliphatic heterocycles. The van der Waals surface area contributed by atoms with Crippen molar-refractivity contribution < 1.29 is 38.9 Å². The Labute approximate surface area is 277 Å². The summed E-state index contributed by atoms with van der Waals surface area (Å²) in [6, 6.07) is 15.2. The molecule has 4 amide bonds. The standard InChI is InChI=1S/C35H39N5O8/c1-33(2,3)48-32(46)40-17-27(21-7-5-8-25(14-21)47-4)39(31(45)35(40,19-41)20-42)18-28(43)37-24-11-10-22-15-34(16-23(22)13-24)26-9-6-12-36-29(26)38-30(34)44/h5-14,27,41-42H,15-20H2,1-4H3,(H,37,43)(H,36,38,44)/t27?,34-/m1/s1. The predicted octanol–water partition coefficient (Wildman–Crippen LogP) is 2.56. The number of hydrogen-bond acceptors (Lipinski definition) is 9. The summed E-state index contributed by atoms with van der Waals surface area (Å²) in [6.45, 7) is 2.58. The van der Waals surface area contributed by atoms with Gasteiger partial charge in [-0.2, -0.15) is 0 Å². The van der Waals surface area contributed by atoms with E-state index in [4.69, 9.17) is 9.47 Å². The highest BCUT2D eigenvalue weighted by atomic mass is 16.6. The van der Waals surface area contributed by atoms with Crippen molar-refractivity contribution in [3.63, 3.8) is 0 Å². The highest BCUT2D eigenvalue weighted by Gasteiger charge is 2.56. The Morgan fingerprint density at radius 3 is 2.50 bits per heavy atom. The van der Waals surface area contributed by atoms with Crippen molar-refractivity contribution in [1.29, 1.82) is 0 Å². The van der Waals surface area contributed by atoms with Gasteiger partial charge >= 0.3 is 6.09 Å². The first-order valence-corrected chi connectivity index (χ1v) is 15.7. The number of nitrogens with one attached hydrogen (secondary N) is 2. The summed E-state index contributed by atoms with van der Waals surface area (Å²) in [5, 5.41) is 26.8. The number of aromatic nitrogens is 1. The number of rotatable bonds is 7. The van der Waals surface area contributed by atoms with Gasteiger partial charge in [-0.1, -0.05) is 24.3 Å². The van der Waals surface area contributed by atoms with Gasteiger partial charge < -0.3 is 35.2 Å². The molecule has 0 bridgehead atoms. The van der Waals surface area contributed by atoms with Crippen molar-refractivity contribution in [2.75, 3.05) is 44.0 Å². The zero-order valence-electron chi connectivity index (χ0n) is 27.3. The lowest BCUT2D eigenvalue weighted by molar-refractivity contribution is -0.165. The van der Waals surface area contributed by atoms with E-state index in [0.29, 0.717) is 35.7 Å². The van der Waals surface area contributed by atoms with E-state index < -0.39 is 60.3 Å². The zero-order chi connectivity index (χ0) is 34.4. The Kier molecular flexibility index (Phi) is 8.38. The monoisotopic (exact) mass is 657 g/mol. The molecule has 1 unspecified atom stereocenters. The summed E-state index contributed by atoms with van der Waals surface area (Å²) in [5.41, 5.74) is 0.0355. The molecule has 3 aromatic rings. The molecule has 13 heteroatoms. The van der Waals surface area contributed by atoms with Crippen LogP contribution in [0.25, 0.3) is 0 Å². The van der Waals surface area contributed by atoms with Crippen molar-refractivity contribution in [3.8, 4) is 5.75 Å². The quantitative estimate of drug-likeness (QED) is 0.298. The van der Waals surface area contributed by atoms with Gasteiger partial charge in [0, 0.05) is 24.0 Å². The minimum Gasteiger partial charge on any atom is -0.497 e. The first-order valence-electron chi connectivity index (χ1n) is 15.7. The van der Waals surface area contributed by atoms with E-state index in [-0.39, 0.29) is 12.5 Å². The second kappa shape index (κ2) is 12.2. The second-order valence-electron chi connectivity index (χ2n) is 13.5. The molecule has 252 valence electrons. The van der Waals surface area contributed by atoms with Crippen LogP contribution in [0.2, 0.25) is 0 Å². The maximum Gasteiger partial charge on any atom is 0.411 e. The molecule has 1 aromatic heterocycles. The fourth-order valence-electron chi connectivity index (χ4n) is 6.91. The Morgan fingerprint density at radius 1 is 1.04 bits per heavy atom. The number of carbonyl (C=O) groups excluding carboxylic acids is 4. The van der Waals surface area contributed by atoms with E-state index in [9.17, 15) is 29.4 Å². The number of fused-ring (bicyclic) bond motifs is 3. The van der Waals surface area contributed by atoms with E-state index in [0.717, 1.165) is 21.6 Å². The van der Waals surface area contributed by atoms with Gasteiger partial charge in [-0.25, -0.2) is 9.78 Å². The van der Waals surface area contributed by atoms with Crippen LogP contribution in [0, 0.1) is 0 Å². The fraction of sp³-hybridized carbons (Fsp3) is 0.400. The number of hydrogen-bond donors (Lipinski definition) is 4. The summed E-state index contributed by atoms with van der Waals surface area (Å²) in [6.07, 6.45) is 1.69. The molecular formula is C35H39N5O8. The van der Waals surface area contributed by atoms with Gasteiger partial charge in [0.15, 0.2) is 5.54 Å². The largest absolute Gasteiger partial charge is 0.497 e. The summed E-state index contributed by atoms with van der Waals surface area (Å²) in [5.74, 6) is -0.398. The Bertz CT molecular complexity index is 1780. The number of nitrogens with zero attached hydrogens (tertiary/aromatic N) is 3. The molecule has 4 N–H and O–H groups in total. The molecule has 1 fully saturated rings. The normalized spacial score (nSPS) is 21.1. The molecule has 48 heavy (non-hydrogen) atoms. The molecule has 3 aliphatic rings. The predicted molar refractivity (Wildman–Crippen MR) is 174 cm³/mol. The Hall–Kier alpha value is -5.01. The van der Waals surface area contributed by atoms with Crippen LogP contribution in [-0.4, -0.2) is 93.4 Å². The van der Waals surface area contributed by atoms with Crippen LogP contribution >= 0.6 is 0 Å². The first-order chi connectivity index (χ1) is 22.8. The van der Waals surface area contributed by atoms with Gasteiger partial charge in [-0.05, 0) is 80.6 Å². The molecule has 3 heterocycles. The third-order valence-electron chi connectivity index (χ3n) is 9.30. The van der Waals surface area contributed by atoms with E-state index >= 15 is 0 Å². The molecule has 1 spiro atoms. The van der Waals surface area contributed by atoms with Crippen molar-refractivity contribution >= 4 is 35.3 Å². The molecular weight excluding hydrogens is 618 g/mol. The minimum atomic E-state index is -2.08. The van der Waals surface area contributed by atoms with E-state index in [1.165, 1.54) is 12.0 Å². The SMILES string of the molecule is COc1cccc(C2CN(C(=O)OC(C)(C)C)C(CO)(CO)C(=O)N2CC(=O)Nc2ccc3c(c2)C[C@@]2(C3)C(=O)Nc3ncccc32)c1. The number of methoxy groups -OCH3 is 1. The number of aliphatic hydroxyl groups excluding tert-OH is 2. The van der Waals surface area contributed by atoms with Crippen LogP contribution in [-0.2, 0) is 37.4 Å². The van der Waals surface area contributed by atoms with Crippen molar-refractivity contribution in [2.45, 2.75) is 56.2 Å². The molecule has 1 saturated heterocycles. The maximum absolute atomic E-state index is 14.2. The fourth-order valence-corrected chi connectivity index (χ4v) is 6.91. The highest BCUT2D eigenvalue weighted by Crippen LogP contribution is 2.47. The van der Waals surface area contributed by atoms with Gasteiger partial charge in [-0.3, -0.25) is 19.3 Å². The molecule has 2 aromatic carbocycles. The summed E-state index contributed by atoms with van der Waals surface area (Å²) < 4.78 is 11.0. The van der Waals surface area contributed by atoms with E-state index in [1.807, 2.05) is 24.3 Å². The van der Waals surface area contributed by atoms with Gasteiger partial charge in [0.25, 0.3) is 5.91 Å². The highest BCUT2D eigenvalue weighted by molar-refractivity contribution is 6.06. The maximum atomic E-state index is 14.2. The number of pyridine rings is 1. The van der Waals surface area contributed by atoms with Crippen molar-refractivity contribution in [3.05, 3.63) is 83.0 Å². The summed E-state index contributed by atoms with van der Waals surface area (Å²) in [4.78, 5) is 61.1. The molecule has 13 nitrogen and oxygen atoms in total. The number of piperazine rings is 1. The van der Waals surface area contributed by atoms with Crippen LogP contribution < -0.4 is 15.4 Å². The lowest BCUT2D eigenvalue weighted by Gasteiger charge is -2.51. The molecule has 6 rings (SSSR count). The Balaban J connectivity index is 1.27. The number of benzene rings is 2. The number of ether oxygens (including phenoxy) is 2. The second-order valence-corrected chi connectivity index (χ2v) is 13.5. The van der Waals surface area contributed by atoms with Crippen molar-refractivity contribution in [2.24, 2.45) is 0 Å². The smallest absolute Gasteiger partial charge is 0.411 e. The molecule has 1 aliphatic carbocycles. The van der Waals surface area contributed by atoms with Crippen LogP contribution in [0.3, 0.4) is 0 Å². The van der Waals surface area contributed by atoms with Gasteiger partial charge in [0.05, 0.1) is 31.8 Å². The Morgan fingerprint density at radius 2 is 1.79 bits per heavy atom. The molecule has 0 radical (unpaired) electrons. The first kappa shape index (κ1) is 32.9. The average molecular weight is 658 g/mol. The molecule has 0 saturated carbocycles. The van der Waals surface area contributed by atoms with Crippen molar-refractivity contribution in [1.82, 2.24) is 14.8 Å². The topological polar surface area (TPSA) is 171 Å². The minimum absolute atomic E-state index is 0.109. The van der Waals surface area contributed by atoms with E-state index in [2.05, 4.69) is 15.6 Å². The van der Waals surface area contributed by atoms with Gasteiger partial charge in [0.2, 0.25) is 11.8 Å².